The first-order valence-corrected chi connectivity index (χ1v) is 9.71. The van der Waals surface area contributed by atoms with Crippen LogP contribution in [0.1, 0.15) is 12.8 Å². The van der Waals surface area contributed by atoms with Gasteiger partial charge in [0.25, 0.3) is 0 Å². The molecule has 0 atom stereocenters. The molecule has 0 fully saturated rings. The Morgan fingerprint density at radius 3 is 2.29 bits per heavy atom. The van der Waals surface area contributed by atoms with Crippen LogP contribution in [0.4, 0.5) is 6.01 Å². The van der Waals surface area contributed by atoms with Crippen molar-refractivity contribution in [2.75, 3.05) is 25.3 Å². The zero-order chi connectivity index (χ0) is 19.8. The maximum atomic E-state index is 12.1. The van der Waals surface area contributed by atoms with Crippen LogP contribution in [0.3, 0.4) is 0 Å². The minimum atomic E-state index is -0.153. The van der Waals surface area contributed by atoms with Crippen molar-refractivity contribution in [2.45, 2.75) is 17.7 Å². The van der Waals surface area contributed by atoms with Gasteiger partial charge in [0, 0.05) is 16.9 Å². The molecule has 0 unspecified atom stereocenters. The first kappa shape index (κ1) is 19.8. The van der Waals surface area contributed by atoms with Crippen LogP contribution in [0.2, 0.25) is 0 Å². The van der Waals surface area contributed by atoms with Crippen molar-refractivity contribution < 1.29 is 18.7 Å². The van der Waals surface area contributed by atoms with E-state index in [9.17, 15) is 4.79 Å². The van der Waals surface area contributed by atoms with Crippen LogP contribution < -0.4 is 14.8 Å². The Morgan fingerprint density at radius 1 is 1.00 bits per heavy atom. The van der Waals surface area contributed by atoms with Gasteiger partial charge in [-0.25, -0.2) is 0 Å². The summed E-state index contributed by atoms with van der Waals surface area (Å²) in [7, 11) is 3.25. The summed E-state index contributed by atoms with van der Waals surface area (Å²) in [6, 6.07) is 15.2. The molecule has 1 N–H and O–H groups in total. The Hall–Kier alpha value is -3.00. The number of thioether (sulfide) groups is 1. The molecule has 0 bridgehead atoms. The van der Waals surface area contributed by atoms with E-state index in [1.807, 2.05) is 36.4 Å². The molecule has 0 spiro atoms. The van der Waals surface area contributed by atoms with E-state index in [1.165, 1.54) is 0 Å². The monoisotopic (exact) mass is 399 g/mol. The van der Waals surface area contributed by atoms with E-state index in [0.717, 1.165) is 34.1 Å². The van der Waals surface area contributed by atoms with Crippen molar-refractivity contribution >= 4 is 23.7 Å². The lowest BCUT2D eigenvalue weighted by Gasteiger charge is -2.03. The topological polar surface area (TPSA) is 86.5 Å². The first-order chi connectivity index (χ1) is 13.7. The van der Waals surface area contributed by atoms with Crippen LogP contribution in [0, 0.1) is 0 Å². The van der Waals surface area contributed by atoms with E-state index in [0.29, 0.717) is 12.3 Å². The lowest BCUT2D eigenvalue weighted by molar-refractivity contribution is -0.116. The van der Waals surface area contributed by atoms with Gasteiger partial charge >= 0.3 is 6.01 Å². The summed E-state index contributed by atoms with van der Waals surface area (Å²) >= 11 is 1.70. The lowest BCUT2D eigenvalue weighted by atomic mass is 10.2. The molecule has 1 amide bonds. The Bertz CT molecular complexity index is 895. The molecule has 146 valence electrons. The van der Waals surface area contributed by atoms with Gasteiger partial charge < -0.3 is 13.9 Å². The maximum absolute atomic E-state index is 12.1. The van der Waals surface area contributed by atoms with E-state index in [1.54, 1.807) is 38.1 Å². The van der Waals surface area contributed by atoms with Gasteiger partial charge in [0.1, 0.15) is 11.5 Å². The number of rotatable bonds is 9. The zero-order valence-electron chi connectivity index (χ0n) is 15.7. The fraction of sp³-hybridized carbons (Fsp3) is 0.250. The van der Waals surface area contributed by atoms with Crippen LogP contribution in [-0.2, 0) is 4.79 Å². The van der Waals surface area contributed by atoms with Crippen molar-refractivity contribution in [1.29, 1.82) is 0 Å². The van der Waals surface area contributed by atoms with Gasteiger partial charge in [-0.2, -0.15) is 0 Å². The van der Waals surface area contributed by atoms with Crippen LogP contribution >= 0.6 is 11.8 Å². The van der Waals surface area contributed by atoms with Gasteiger partial charge in [-0.15, -0.1) is 16.9 Å². The minimum Gasteiger partial charge on any atom is -0.497 e. The predicted molar refractivity (Wildman–Crippen MR) is 108 cm³/mol. The molecule has 0 aliphatic carbocycles. The number of carbonyl (C=O) groups excluding carboxylic acids is 1. The van der Waals surface area contributed by atoms with Crippen molar-refractivity contribution in [3.8, 4) is 23.0 Å². The van der Waals surface area contributed by atoms with Gasteiger partial charge in [-0.1, -0.05) is 5.10 Å². The number of methoxy groups -OCH3 is 2. The van der Waals surface area contributed by atoms with Crippen molar-refractivity contribution in [3.05, 3.63) is 48.5 Å². The Balaban J connectivity index is 1.42. The Labute approximate surface area is 167 Å². The summed E-state index contributed by atoms with van der Waals surface area (Å²) in [4.78, 5) is 13.2. The first-order valence-electron chi connectivity index (χ1n) is 8.72. The minimum absolute atomic E-state index is 0.0959. The fourth-order valence-electron chi connectivity index (χ4n) is 2.40. The van der Waals surface area contributed by atoms with Gasteiger partial charge in [-0.3, -0.25) is 10.1 Å². The molecule has 3 aromatic rings. The summed E-state index contributed by atoms with van der Waals surface area (Å²) < 4.78 is 15.8. The lowest BCUT2D eigenvalue weighted by Crippen LogP contribution is -2.11. The molecule has 3 rings (SSSR count). The largest absolute Gasteiger partial charge is 0.497 e. The number of benzene rings is 2. The van der Waals surface area contributed by atoms with Crippen LogP contribution in [0.15, 0.2) is 57.8 Å². The number of anilines is 1. The highest BCUT2D eigenvalue weighted by molar-refractivity contribution is 7.99. The molecule has 2 aromatic carbocycles. The molecule has 0 radical (unpaired) electrons. The van der Waals surface area contributed by atoms with Gasteiger partial charge in [0.05, 0.1) is 14.2 Å². The summed E-state index contributed by atoms with van der Waals surface area (Å²) in [5, 5.41) is 10.5. The molecule has 28 heavy (non-hydrogen) atoms. The third-order valence-corrected chi connectivity index (χ3v) is 4.98. The highest BCUT2D eigenvalue weighted by Crippen LogP contribution is 2.24. The number of hydrogen-bond acceptors (Lipinski definition) is 7. The summed E-state index contributed by atoms with van der Waals surface area (Å²) in [6.07, 6.45) is 1.12. The predicted octanol–water partition coefficient (Wildman–Crippen LogP) is 4.26. The number of aromatic nitrogens is 2. The Morgan fingerprint density at radius 2 is 1.64 bits per heavy atom. The normalized spacial score (nSPS) is 10.5. The number of carbonyl (C=O) groups is 1. The molecule has 0 aliphatic heterocycles. The summed E-state index contributed by atoms with van der Waals surface area (Å²) in [5.74, 6) is 2.59. The second-order valence-electron chi connectivity index (χ2n) is 5.82. The number of amides is 1. The van der Waals surface area contributed by atoms with Gasteiger partial charge in [0.15, 0.2) is 0 Å². The standard InChI is InChI=1S/C20H21N3O4S/c1-25-15-7-5-14(6-8-15)19-22-23-20(27-19)21-18(24)4-3-13-28-17-11-9-16(26-2)10-12-17/h5-12H,3-4,13H2,1-2H3,(H,21,23,24). The molecule has 0 saturated heterocycles. The highest BCUT2D eigenvalue weighted by atomic mass is 32.2. The maximum Gasteiger partial charge on any atom is 0.322 e. The zero-order valence-corrected chi connectivity index (χ0v) is 16.5. The third kappa shape index (κ3) is 5.50. The number of nitrogens with one attached hydrogen (secondary N) is 1. The molecule has 1 aromatic heterocycles. The molecule has 0 aliphatic rings. The smallest absolute Gasteiger partial charge is 0.322 e. The molecular formula is C20H21N3O4S. The van der Waals surface area contributed by atoms with E-state index in [4.69, 9.17) is 13.9 Å². The second kappa shape index (κ2) is 9.80. The number of hydrogen-bond donors (Lipinski definition) is 1. The molecule has 7 nitrogen and oxygen atoms in total. The van der Waals surface area contributed by atoms with Gasteiger partial charge in [-0.05, 0) is 60.7 Å². The van der Waals surface area contributed by atoms with E-state index in [-0.39, 0.29) is 11.9 Å². The van der Waals surface area contributed by atoms with Crippen molar-refractivity contribution in [3.63, 3.8) is 0 Å². The second-order valence-corrected chi connectivity index (χ2v) is 6.98. The van der Waals surface area contributed by atoms with Crippen LogP contribution in [0.25, 0.3) is 11.5 Å². The quantitative estimate of drug-likeness (QED) is 0.425. The van der Waals surface area contributed by atoms with Gasteiger partial charge in [0.2, 0.25) is 11.8 Å². The molecule has 1 heterocycles. The third-order valence-electron chi connectivity index (χ3n) is 3.88. The average Bonchev–Trinajstić information content (AvgIpc) is 3.20. The number of ether oxygens (including phenoxy) is 2. The van der Waals surface area contributed by atoms with E-state index >= 15 is 0 Å². The highest BCUT2D eigenvalue weighted by Gasteiger charge is 2.11. The molecular weight excluding hydrogens is 378 g/mol. The van der Waals surface area contributed by atoms with Crippen molar-refractivity contribution in [1.82, 2.24) is 10.2 Å². The molecule has 0 saturated carbocycles. The van der Waals surface area contributed by atoms with Crippen molar-refractivity contribution in [2.24, 2.45) is 0 Å². The molecule has 8 heteroatoms. The summed E-state index contributed by atoms with van der Waals surface area (Å²) in [6.45, 7) is 0. The number of nitrogens with zero attached hydrogens (tertiary/aromatic N) is 2. The van der Waals surface area contributed by atoms with E-state index < -0.39 is 0 Å². The van der Waals surface area contributed by atoms with E-state index in [2.05, 4.69) is 15.5 Å². The van der Waals surface area contributed by atoms with Crippen LogP contribution in [0.5, 0.6) is 11.5 Å². The summed E-state index contributed by atoms with van der Waals surface area (Å²) in [5.41, 5.74) is 0.754. The van der Waals surface area contributed by atoms with Crippen LogP contribution in [-0.4, -0.2) is 36.1 Å². The SMILES string of the molecule is COc1ccc(SCCCC(=O)Nc2nnc(-c3ccc(OC)cc3)o2)cc1. The Kier molecular flexibility index (Phi) is 6.91. The fourth-order valence-corrected chi connectivity index (χ4v) is 3.25. The average molecular weight is 399 g/mol.